The van der Waals surface area contributed by atoms with E-state index in [1.54, 1.807) is 31.3 Å². The van der Waals surface area contributed by atoms with Crippen LogP contribution in [0.3, 0.4) is 0 Å². The smallest absolute Gasteiger partial charge is 0.255 e. The minimum atomic E-state index is -0.951. The summed E-state index contributed by atoms with van der Waals surface area (Å²) in [5.41, 5.74) is 5.48. The maximum atomic E-state index is 13.0. The lowest BCUT2D eigenvalue weighted by molar-refractivity contribution is -0.136. The van der Waals surface area contributed by atoms with E-state index in [0.29, 0.717) is 18.2 Å². The van der Waals surface area contributed by atoms with E-state index in [0.717, 1.165) is 12.8 Å². The highest BCUT2D eigenvalue weighted by Crippen LogP contribution is 2.27. The number of carbonyl (C=O) groups is 5. The van der Waals surface area contributed by atoms with E-state index in [9.17, 15) is 24.0 Å². The zero-order valence-corrected chi connectivity index (χ0v) is 19.9. The van der Waals surface area contributed by atoms with E-state index in [1.807, 2.05) is 0 Å². The van der Waals surface area contributed by atoms with Crippen LogP contribution in [0.15, 0.2) is 24.3 Å². The predicted molar refractivity (Wildman–Crippen MR) is 126 cm³/mol. The van der Waals surface area contributed by atoms with Crippen LogP contribution in [0.1, 0.15) is 48.9 Å². The molecule has 2 aliphatic rings. The van der Waals surface area contributed by atoms with Crippen LogP contribution in [0.25, 0.3) is 0 Å². The van der Waals surface area contributed by atoms with E-state index in [1.165, 1.54) is 4.90 Å². The van der Waals surface area contributed by atoms with Gasteiger partial charge in [-0.15, -0.1) is 0 Å². The summed E-state index contributed by atoms with van der Waals surface area (Å²) in [6.45, 7) is 0.797. The molecule has 0 bridgehead atoms. The topological polar surface area (TPSA) is 160 Å². The highest BCUT2D eigenvalue weighted by atomic mass is 16.5. The molecule has 1 saturated carbocycles. The van der Waals surface area contributed by atoms with E-state index >= 15 is 0 Å². The summed E-state index contributed by atoms with van der Waals surface area (Å²) in [5.74, 6) is -1.55. The molecule has 11 heteroatoms. The van der Waals surface area contributed by atoms with Gasteiger partial charge >= 0.3 is 0 Å². The molecule has 0 saturated heterocycles. The third-order valence-corrected chi connectivity index (χ3v) is 6.05. The highest BCUT2D eigenvalue weighted by molar-refractivity contribution is 5.99. The molecule has 5 N–H and O–H groups in total. The first-order chi connectivity index (χ1) is 16.7. The van der Waals surface area contributed by atoms with Crippen LogP contribution < -0.4 is 26.4 Å². The summed E-state index contributed by atoms with van der Waals surface area (Å²) in [7, 11) is 1.56. The molecule has 1 fully saturated rings. The first-order valence-electron chi connectivity index (χ1n) is 11.9. The molecule has 1 heterocycles. The minimum absolute atomic E-state index is 0.0314. The number of fused-ring (bicyclic) bond motifs is 1. The summed E-state index contributed by atoms with van der Waals surface area (Å²) in [6, 6.07) is 4.73. The van der Waals surface area contributed by atoms with Crippen LogP contribution >= 0.6 is 0 Å². The number of para-hydroxylation sites is 1. The molecular weight excluding hydrogens is 454 g/mol. The number of hydrogen-bond donors (Lipinski definition) is 4. The van der Waals surface area contributed by atoms with E-state index in [-0.39, 0.29) is 56.2 Å². The summed E-state index contributed by atoms with van der Waals surface area (Å²) < 4.78 is 5.77. The van der Waals surface area contributed by atoms with Crippen molar-refractivity contribution >= 4 is 29.5 Å². The lowest BCUT2D eigenvalue weighted by Crippen LogP contribution is -2.50. The van der Waals surface area contributed by atoms with Gasteiger partial charge in [-0.25, -0.2) is 0 Å². The van der Waals surface area contributed by atoms with Gasteiger partial charge in [-0.05, 0) is 43.7 Å². The fourth-order valence-corrected chi connectivity index (χ4v) is 3.73. The molecule has 190 valence electrons. The standard InChI is InChI=1S/C24H33N5O6/c1-29-12-13-35-19-5-3-2-4-16(19)22(32)28-17(23(33)26-14-15-6-7-15)9-11-21(31)27-18(24(29)34)8-10-20(25)30/h2-5,15,17-18H,6-14H2,1H3,(H2,25,30)(H,26,33)(H,27,31)(H,28,32)/t17-,18-/m0/s1. The molecule has 1 aliphatic carbocycles. The van der Waals surface area contributed by atoms with Crippen LogP contribution in [0.4, 0.5) is 0 Å². The number of nitrogens with zero attached hydrogens (tertiary/aromatic N) is 1. The zero-order chi connectivity index (χ0) is 25.4. The average Bonchev–Trinajstić information content (AvgIpc) is 3.66. The molecule has 0 unspecified atom stereocenters. The molecule has 3 rings (SSSR count). The summed E-state index contributed by atoms with van der Waals surface area (Å²) in [4.78, 5) is 64.1. The van der Waals surface area contributed by atoms with E-state index < -0.39 is 29.8 Å². The van der Waals surface area contributed by atoms with Crippen molar-refractivity contribution in [2.45, 2.75) is 50.6 Å². The van der Waals surface area contributed by atoms with Gasteiger partial charge in [0.2, 0.25) is 23.6 Å². The van der Waals surface area contributed by atoms with Crippen molar-refractivity contribution in [3.63, 3.8) is 0 Å². The molecule has 11 nitrogen and oxygen atoms in total. The predicted octanol–water partition coefficient (Wildman–Crippen LogP) is -0.307. The van der Waals surface area contributed by atoms with Crippen molar-refractivity contribution in [3.05, 3.63) is 29.8 Å². The van der Waals surface area contributed by atoms with Crippen molar-refractivity contribution in [2.24, 2.45) is 11.7 Å². The zero-order valence-electron chi connectivity index (χ0n) is 19.9. The van der Waals surface area contributed by atoms with Crippen molar-refractivity contribution < 1.29 is 28.7 Å². The minimum Gasteiger partial charge on any atom is -0.491 e. The highest BCUT2D eigenvalue weighted by Gasteiger charge is 2.29. The molecule has 0 spiro atoms. The molecule has 5 amide bonds. The normalized spacial score (nSPS) is 22.0. The molecular formula is C24H33N5O6. The second-order valence-corrected chi connectivity index (χ2v) is 8.98. The number of benzene rings is 1. The Labute approximate surface area is 204 Å². The fourth-order valence-electron chi connectivity index (χ4n) is 3.73. The molecule has 1 aromatic rings. The maximum Gasteiger partial charge on any atom is 0.255 e. The third kappa shape index (κ3) is 7.97. The number of amides is 5. The first kappa shape index (κ1) is 26.0. The molecule has 0 radical (unpaired) electrons. The SMILES string of the molecule is CN1CCOc2ccccc2C(=O)N[C@H](C(=O)NCC2CC2)CCC(=O)N[C@@H](CCC(N)=O)C1=O. The van der Waals surface area contributed by atoms with Gasteiger partial charge in [0, 0.05) is 26.4 Å². The Bertz CT molecular complexity index is 963. The van der Waals surface area contributed by atoms with Gasteiger partial charge in [0.25, 0.3) is 5.91 Å². The summed E-state index contributed by atoms with van der Waals surface area (Å²) in [6.07, 6.45) is 2.01. The monoisotopic (exact) mass is 487 g/mol. The molecule has 1 aliphatic heterocycles. The number of nitrogens with two attached hydrogens (primary N) is 1. The Morgan fingerprint density at radius 1 is 1.14 bits per heavy atom. The Hall–Kier alpha value is -3.63. The average molecular weight is 488 g/mol. The van der Waals surface area contributed by atoms with Crippen molar-refractivity contribution in [1.29, 1.82) is 0 Å². The Kier molecular flexibility index (Phi) is 9.04. The molecule has 1 aromatic carbocycles. The van der Waals surface area contributed by atoms with Gasteiger partial charge in [-0.1, -0.05) is 12.1 Å². The molecule has 2 atom stereocenters. The van der Waals surface area contributed by atoms with Crippen LogP contribution in [-0.4, -0.2) is 73.3 Å². The van der Waals surface area contributed by atoms with E-state index in [2.05, 4.69) is 16.0 Å². The van der Waals surface area contributed by atoms with Gasteiger partial charge in [0.15, 0.2) is 0 Å². The molecule has 0 aromatic heterocycles. The summed E-state index contributed by atoms with van der Waals surface area (Å²) in [5, 5.41) is 8.22. The van der Waals surface area contributed by atoms with Crippen LogP contribution in [0.2, 0.25) is 0 Å². The van der Waals surface area contributed by atoms with Crippen LogP contribution in [-0.2, 0) is 19.2 Å². The fraction of sp³-hybridized carbons (Fsp3) is 0.542. The third-order valence-electron chi connectivity index (χ3n) is 6.05. The van der Waals surface area contributed by atoms with Gasteiger partial charge in [-0.3, -0.25) is 24.0 Å². The molecule has 35 heavy (non-hydrogen) atoms. The Morgan fingerprint density at radius 2 is 1.89 bits per heavy atom. The van der Waals surface area contributed by atoms with Crippen molar-refractivity contribution in [1.82, 2.24) is 20.9 Å². The number of hydrogen-bond acceptors (Lipinski definition) is 6. The second-order valence-electron chi connectivity index (χ2n) is 8.98. The van der Waals surface area contributed by atoms with Gasteiger partial charge < -0.3 is 31.3 Å². The first-order valence-corrected chi connectivity index (χ1v) is 11.9. The van der Waals surface area contributed by atoms with Crippen molar-refractivity contribution in [2.75, 3.05) is 26.7 Å². The van der Waals surface area contributed by atoms with E-state index in [4.69, 9.17) is 10.5 Å². The Morgan fingerprint density at radius 3 is 2.60 bits per heavy atom. The van der Waals surface area contributed by atoms with Gasteiger partial charge in [0.1, 0.15) is 24.4 Å². The lowest BCUT2D eigenvalue weighted by Gasteiger charge is -2.24. The van der Waals surface area contributed by atoms with Crippen LogP contribution in [0, 0.1) is 5.92 Å². The summed E-state index contributed by atoms with van der Waals surface area (Å²) >= 11 is 0. The Balaban J connectivity index is 1.81. The number of carbonyl (C=O) groups excluding carboxylic acids is 5. The largest absolute Gasteiger partial charge is 0.491 e. The number of ether oxygens (including phenoxy) is 1. The maximum absolute atomic E-state index is 13.0. The number of rotatable bonds is 6. The van der Waals surface area contributed by atoms with Gasteiger partial charge in [-0.2, -0.15) is 0 Å². The van der Waals surface area contributed by atoms with Crippen LogP contribution in [0.5, 0.6) is 5.75 Å². The number of likely N-dealkylation sites (N-methyl/N-ethyl adjacent to an activating group) is 1. The second kappa shape index (κ2) is 12.2. The van der Waals surface area contributed by atoms with Crippen molar-refractivity contribution in [3.8, 4) is 5.75 Å². The quantitative estimate of drug-likeness (QED) is 0.431. The van der Waals surface area contributed by atoms with Gasteiger partial charge in [0.05, 0.1) is 12.1 Å². The number of nitrogens with one attached hydrogen (secondary N) is 3. The number of primary amides is 1. The lowest BCUT2D eigenvalue weighted by atomic mass is 10.1.